The zero-order valence-corrected chi connectivity index (χ0v) is 15.5. The van der Waals surface area contributed by atoms with Gasteiger partial charge in [-0.2, -0.15) is 0 Å². The fourth-order valence-electron chi connectivity index (χ4n) is 3.70. The van der Waals surface area contributed by atoms with Crippen molar-refractivity contribution in [1.29, 1.82) is 0 Å². The molecule has 1 saturated heterocycles. The lowest BCUT2D eigenvalue weighted by Crippen LogP contribution is -2.29. The van der Waals surface area contributed by atoms with E-state index in [1.54, 1.807) is 36.7 Å². The molecule has 2 aromatic rings. The molecule has 2 aliphatic heterocycles. The van der Waals surface area contributed by atoms with Crippen molar-refractivity contribution < 1.29 is 14.4 Å². The van der Waals surface area contributed by atoms with Crippen molar-refractivity contribution >= 4 is 17.7 Å². The molecule has 1 aromatic carbocycles. The highest BCUT2D eigenvalue weighted by atomic mass is 16.2. The van der Waals surface area contributed by atoms with Crippen LogP contribution >= 0.6 is 0 Å². The van der Waals surface area contributed by atoms with E-state index in [0.29, 0.717) is 23.6 Å². The largest absolute Gasteiger partial charge is 0.352 e. The van der Waals surface area contributed by atoms with Gasteiger partial charge in [-0.3, -0.25) is 24.3 Å². The molecule has 1 aromatic heterocycles. The highest BCUT2D eigenvalue weighted by Crippen LogP contribution is 2.25. The highest BCUT2D eigenvalue weighted by Gasteiger charge is 2.36. The fraction of sp³-hybridized carbons (Fsp3) is 0.333. The summed E-state index contributed by atoms with van der Waals surface area (Å²) < 4.78 is 0. The number of carbonyl (C=O) groups excluding carboxylic acids is 3. The number of aromatic nitrogens is 1. The Labute approximate surface area is 163 Å². The van der Waals surface area contributed by atoms with Crippen LogP contribution in [0.15, 0.2) is 42.7 Å². The summed E-state index contributed by atoms with van der Waals surface area (Å²) in [6.45, 7) is 2.82. The summed E-state index contributed by atoms with van der Waals surface area (Å²) >= 11 is 0. The first-order valence-corrected chi connectivity index (χ1v) is 9.51. The smallest absolute Gasteiger partial charge is 0.261 e. The Morgan fingerprint density at radius 3 is 2.68 bits per heavy atom. The molecule has 1 atom stereocenters. The summed E-state index contributed by atoms with van der Waals surface area (Å²) in [6, 6.07) is 8.23. The van der Waals surface area contributed by atoms with E-state index in [9.17, 15) is 14.4 Å². The normalized spacial score (nSPS) is 18.4. The van der Waals surface area contributed by atoms with Crippen LogP contribution in [-0.2, 0) is 6.54 Å². The molecular weight excluding hydrogens is 356 g/mol. The molecule has 28 heavy (non-hydrogen) atoms. The van der Waals surface area contributed by atoms with E-state index in [4.69, 9.17) is 0 Å². The Kier molecular flexibility index (Phi) is 5.16. The molecule has 0 saturated carbocycles. The van der Waals surface area contributed by atoms with E-state index >= 15 is 0 Å². The number of amides is 3. The second-order valence-corrected chi connectivity index (χ2v) is 7.22. The third-order valence-electron chi connectivity index (χ3n) is 5.32. The zero-order valence-electron chi connectivity index (χ0n) is 15.5. The lowest BCUT2D eigenvalue weighted by atomic mass is 10.0. The van der Waals surface area contributed by atoms with Crippen molar-refractivity contribution in [3.63, 3.8) is 0 Å². The molecule has 7 nitrogen and oxygen atoms in total. The van der Waals surface area contributed by atoms with Gasteiger partial charge in [0.05, 0.1) is 17.7 Å². The first-order valence-electron chi connectivity index (χ1n) is 9.51. The minimum absolute atomic E-state index is 0.186. The maximum atomic E-state index is 12.7. The monoisotopic (exact) mass is 378 g/mol. The third-order valence-corrected chi connectivity index (χ3v) is 5.32. The van der Waals surface area contributed by atoms with Crippen molar-refractivity contribution in [1.82, 2.24) is 20.5 Å². The fourth-order valence-corrected chi connectivity index (χ4v) is 3.70. The number of nitrogens with zero attached hydrogens (tertiary/aromatic N) is 2. The molecule has 0 spiro atoms. The molecule has 1 unspecified atom stereocenters. The summed E-state index contributed by atoms with van der Waals surface area (Å²) in [6.07, 6.45) is 5.31. The highest BCUT2D eigenvalue weighted by molar-refractivity contribution is 6.22. The van der Waals surface area contributed by atoms with E-state index in [1.165, 1.54) is 11.0 Å². The van der Waals surface area contributed by atoms with E-state index in [2.05, 4.69) is 15.6 Å². The summed E-state index contributed by atoms with van der Waals surface area (Å²) in [5.41, 5.74) is 1.85. The number of pyridine rings is 1. The van der Waals surface area contributed by atoms with E-state index < -0.39 is 0 Å². The average Bonchev–Trinajstić information content (AvgIpc) is 3.31. The first kappa shape index (κ1) is 18.3. The Bertz CT molecular complexity index is 907. The molecular formula is C21H22N4O3. The van der Waals surface area contributed by atoms with Crippen LogP contribution in [0.25, 0.3) is 0 Å². The van der Waals surface area contributed by atoms with Gasteiger partial charge in [-0.05, 0) is 67.7 Å². The van der Waals surface area contributed by atoms with Crippen molar-refractivity contribution in [3.05, 3.63) is 65.0 Å². The van der Waals surface area contributed by atoms with Crippen LogP contribution in [0.4, 0.5) is 0 Å². The van der Waals surface area contributed by atoms with Gasteiger partial charge >= 0.3 is 0 Å². The lowest BCUT2D eigenvalue weighted by Gasteiger charge is -2.13. The molecule has 7 heteroatoms. The van der Waals surface area contributed by atoms with Gasteiger partial charge in [0, 0.05) is 24.5 Å². The van der Waals surface area contributed by atoms with Crippen LogP contribution in [0.1, 0.15) is 49.5 Å². The second-order valence-electron chi connectivity index (χ2n) is 7.22. The van der Waals surface area contributed by atoms with E-state index in [1.807, 2.05) is 0 Å². The molecule has 0 bridgehead atoms. The van der Waals surface area contributed by atoms with Crippen molar-refractivity contribution in [2.45, 2.75) is 19.4 Å². The predicted molar refractivity (Wildman–Crippen MR) is 103 cm³/mol. The number of benzene rings is 1. The van der Waals surface area contributed by atoms with Crippen molar-refractivity contribution in [2.24, 2.45) is 5.92 Å². The molecule has 0 aliphatic carbocycles. The maximum absolute atomic E-state index is 12.7. The number of fused-ring (bicyclic) bond motifs is 1. The number of carbonyl (C=O) groups is 3. The minimum Gasteiger partial charge on any atom is -0.352 e. The number of hydrogen-bond acceptors (Lipinski definition) is 5. The number of hydrogen-bond donors (Lipinski definition) is 2. The van der Waals surface area contributed by atoms with Gasteiger partial charge in [0.15, 0.2) is 0 Å². The third kappa shape index (κ3) is 3.66. The van der Waals surface area contributed by atoms with E-state index in [-0.39, 0.29) is 29.8 Å². The topological polar surface area (TPSA) is 91.4 Å². The van der Waals surface area contributed by atoms with Gasteiger partial charge in [0.25, 0.3) is 17.7 Å². The second kappa shape index (κ2) is 7.90. The maximum Gasteiger partial charge on any atom is 0.261 e. The Hall–Kier alpha value is -3.06. The standard InChI is InChI=1S/C21H22N4O3/c26-19(24-10-6-14-3-9-23-12-14)16-1-2-17-18(11-16)21(28)25(20(17)27)13-15-4-7-22-8-5-15/h1-2,4-5,7-8,11,14,23H,3,6,9-10,12-13H2,(H,24,26). The van der Waals surface area contributed by atoms with Gasteiger partial charge in [-0.25, -0.2) is 0 Å². The van der Waals surface area contributed by atoms with Gasteiger partial charge < -0.3 is 10.6 Å². The molecule has 3 heterocycles. The summed E-state index contributed by atoms with van der Waals surface area (Å²) in [4.78, 5) is 42.9. The van der Waals surface area contributed by atoms with E-state index in [0.717, 1.165) is 31.5 Å². The number of rotatable bonds is 6. The molecule has 1 fully saturated rings. The average molecular weight is 378 g/mol. The van der Waals surface area contributed by atoms with Crippen LogP contribution in [0.5, 0.6) is 0 Å². The van der Waals surface area contributed by atoms with Crippen molar-refractivity contribution in [3.8, 4) is 0 Å². The number of imide groups is 1. The molecule has 0 radical (unpaired) electrons. The lowest BCUT2D eigenvalue weighted by molar-refractivity contribution is 0.0642. The number of nitrogens with one attached hydrogen (secondary N) is 2. The SMILES string of the molecule is O=C(NCCC1CCNC1)c1ccc2c(c1)C(=O)N(Cc1ccncc1)C2=O. The minimum atomic E-state index is -0.372. The molecule has 4 rings (SSSR count). The Morgan fingerprint density at radius 1 is 1.14 bits per heavy atom. The van der Waals surface area contributed by atoms with Crippen molar-refractivity contribution in [2.75, 3.05) is 19.6 Å². The predicted octanol–water partition coefficient (Wildman–Crippen LogP) is 1.61. The van der Waals surface area contributed by atoms with Crippen LogP contribution in [0.2, 0.25) is 0 Å². The van der Waals surface area contributed by atoms with Crippen LogP contribution in [0, 0.1) is 5.92 Å². The molecule has 2 aliphatic rings. The van der Waals surface area contributed by atoms with Gasteiger partial charge in [-0.15, -0.1) is 0 Å². The van der Waals surface area contributed by atoms with Gasteiger partial charge in [0.1, 0.15) is 0 Å². The van der Waals surface area contributed by atoms with Crippen LogP contribution < -0.4 is 10.6 Å². The zero-order chi connectivity index (χ0) is 19.5. The quantitative estimate of drug-likeness (QED) is 0.745. The van der Waals surface area contributed by atoms with Gasteiger partial charge in [-0.1, -0.05) is 0 Å². The van der Waals surface area contributed by atoms with Crippen LogP contribution in [-0.4, -0.2) is 47.2 Å². The summed E-state index contributed by atoms with van der Waals surface area (Å²) in [7, 11) is 0. The first-order chi connectivity index (χ1) is 13.6. The molecule has 3 amide bonds. The molecule has 2 N–H and O–H groups in total. The summed E-state index contributed by atoms with van der Waals surface area (Å²) in [5.74, 6) is -0.330. The Morgan fingerprint density at radius 2 is 1.93 bits per heavy atom. The summed E-state index contributed by atoms with van der Waals surface area (Å²) in [5, 5.41) is 6.22. The molecule has 144 valence electrons. The Balaban J connectivity index is 1.43. The van der Waals surface area contributed by atoms with Crippen LogP contribution in [0.3, 0.4) is 0 Å². The van der Waals surface area contributed by atoms with Gasteiger partial charge in [0.2, 0.25) is 0 Å².